The standard InChI is InChI=1S/C50H97NO8/c1-3-5-7-9-11-13-15-17-19-21-22-23-24-26-28-30-32-34-36-38-40-46(54)51-43(42-58-50-49(57)48(56)47(55)45(41-52)59-50)44(53)39-37-35-33-31-29-27-25-20-18-16-14-12-10-8-6-4-2/h29,31,43-45,47-50,52-53,55-57H,3-28,30,32-42H2,1-2H3,(H,51,54)/b31-29+/t43-,44+,45-,47-,48?,49?,50-/m0/s1. The highest BCUT2D eigenvalue weighted by Crippen LogP contribution is 2.23. The number of aliphatic hydroxyl groups excluding tert-OH is 5. The van der Waals surface area contributed by atoms with E-state index in [-0.39, 0.29) is 12.5 Å². The maximum absolute atomic E-state index is 13.0. The van der Waals surface area contributed by atoms with Gasteiger partial charge < -0.3 is 40.3 Å². The number of ether oxygens (including phenoxy) is 2. The van der Waals surface area contributed by atoms with Crippen molar-refractivity contribution in [3.8, 4) is 0 Å². The number of carbonyl (C=O) groups excluding carboxylic acids is 1. The topological polar surface area (TPSA) is 149 Å². The molecule has 0 spiro atoms. The van der Waals surface area contributed by atoms with Crippen molar-refractivity contribution in [1.82, 2.24) is 5.32 Å². The lowest BCUT2D eigenvalue weighted by Crippen LogP contribution is -2.60. The first-order valence-electron chi connectivity index (χ1n) is 25.4. The molecule has 0 aromatic carbocycles. The predicted octanol–water partition coefficient (Wildman–Crippen LogP) is 11.3. The van der Waals surface area contributed by atoms with Gasteiger partial charge in [0.1, 0.15) is 24.4 Å². The fourth-order valence-electron chi connectivity index (χ4n) is 8.27. The molecule has 0 aromatic heterocycles. The van der Waals surface area contributed by atoms with Gasteiger partial charge >= 0.3 is 0 Å². The van der Waals surface area contributed by atoms with E-state index in [1.165, 1.54) is 173 Å². The van der Waals surface area contributed by atoms with E-state index >= 15 is 0 Å². The van der Waals surface area contributed by atoms with Gasteiger partial charge in [-0.15, -0.1) is 0 Å². The number of rotatable bonds is 43. The van der Waals surface area contributed by atoms with Crippen LogP contribution in [0.4, 0.5) is 0 Å². The van der Waals surface area contributed by atoms with Crippen LogP contribution < -0.4 is 5.32 Å². The minimum atomic E-state index is -1.55. The van der Waals surface area contributed by atoms with Crippen LogP contribution in [0.15, 0.2) is 12.2 Å². The van der Waals surface area contributed by atoms with Crippen molar-refractivity contribution in [2.45, 2.75) is 288 Å². The third-order valence-electron chi connectivity index (χ3n) is 12.4. The van der Waals surface area contributed by atoms with Crippen molar-refractivity contribution in [3.05, 3.63) is 12.2 Å². The van der Waals surface area contributed by atoms with E-state index in [1.807, 2.05) is 0 Å². The van der Waals surface area contributed by atoms with Crippen molar-refractivity contribution in [2.75, 3.05) is 13.2 Å². The molecule has 0 bridgehead atoms. The van der Waals surface area contributed by atoms with Crippen LogP contribution in [-0.4, -0.2) is 87.5 Å². The number of amides is 1. The summed E-state index contributed by atoms with van der Waals surface area (Å²) in [6.45, 7) is 3.84. The number of hydrogen-bond donors (Lipinski definition) is 6. The van der Waals surface area contributed by atoms with E-state index in [1.54, 1.807) is 0 Å². The van der Waals surface area contributed by atoms with Crippen LogP contribution in [-0.2, 0) is 14.3 Å². The zero-order chi connectivity index (χ0) is 43.0. The van der Waals surface area contributed by atoms with Crippen LogP contribution in [0.3, 0.4) is 0 Å². The lowest BCUT2D eigenvalue weighted by atomic mass is 9.99. The largest absolute Gasteiger partial charge is 0.394 e. The summed E-state index contributed by atoms with van der Waals surface area (Å²) in [5.41, 5.74) is 0. The van der Waals surface area contributed by atoms with Crippen molar-refractivity contribution >= 4 is 5.91 Å². The van der Waals surface area contributed by atoms with Crippen molar-refractivity contribution in [1.29, 1.82) is 0 Å². The Hall–Kier alpha value is -1.07. The Morgan fingerprint density at radius 1 is 0.559 bits per heavy atom. The Balaban J connectivity index is 2.28. The maximum Gasteiger partial charge on any atom is 0.220 e. The number of unbranched alkanes of at least 4 members (excludes halogenated alkanes) is 31. The molecule has 1 heterocycles. The summed E-state index contributed by atoms with van der Waals surface area (Å²) in [6.07, 6.45) is 40.8. The average Bonchev–Trinajstić information content (AvgIpc) is 3.23. The van der Waals surface area contributed by atoms with Gasteiger partial charge in [-0.2, -0.15) is 0 Å². The van der Waals surface area contributed by atoms with E-state index in [4.69, 9.17) is 9.47 Å². The molecule has 1 amide bonds. The molecule has 1 aliphatic heterocycles. The molecule has 1 saturated heterocycles. The molecule has 1 fully saturated rings. The summed E-state index contributed by atoms with van der Waals surface area (Å²) >= 11 is 0. The molecule has 0 saturated carbocycles. The molecular formula is C50H97NO8. The molecule has 6 N–H and O–H groups in total. The Labute approximate surface area is 363 Å². The predicted molar refractivity (Wildman–Crippen MR) is 244 cm³/mol. The Morgan fingerprint density at radius 3 is 1.37 bits per heavy atom. The summed E-state index contributed by atoms with van der Waals surface area (Å²) in [6, 6.07) is -0.730. The van der Waals surface area contributed by atoms with Crippen LogP contribution in [0.25, 0.3) is 0 Å². The van der Waals surface area contributed by atoms with Crippen LogP contribution in [0.5, 0.6) is 0 Å². The minimum absolute atomic E-state index is 0.145. The van der Waals surface area contributed by atoms with Gasteiger partial charge in [0.25, 0.3) is 0 Å². The highest BCUT2D eigenvalue weighted by molar-refractivity contribution is 5.76. The smallest absolute Gasteiger partial charge is 0.220 e. The van der Waals surface area contributed by atoms with Gasteiger partial charge in [-0.1, -0.05) is 212 Å². The molecule has 350 valence electrons. The lowest BCUT2D eigenvalue weighted by Gasteiger charge is -2.40. The third kappa shape index (κ3) is 31.4. The van der Waals surface area contributed by atoms with Gasteiger partial charge in [0, 0.05) is 6.42 Å². The summed E-state index contributed by atoms with van der Waals surface area (Å²) < 4.78 is 11.3. The zero-order valence-electron chi connectivity index (χ0n) is 38.5. The van der Waals surface area contributed by atoms with E-state index < -0.39 is 49.5 Å². The zero-order valence-corrected chi connectivity index (χ0v) is 38.5. The SMILES string of the molecule is CCCCCCCCCCCC/C=C/CCCC[C@@H](O)[C@H](CO[C@H]1O[C@@H](CO)[C@H](O)C(O)C1O)NC(=O)CCCCCCCCCCCCCCCCCCCCCC. The van der Waals surface area contributed by atoms with Gasteiger partial charge in [-0.05, 0) is 38.5 Å². The summed E-state index contributed by atoms with van der Waals surface area (Å²) in [5.74, 6) is -0.149. The molecule has 7 atom stereocenters. The second-order valence-electron chi connectivity index (χ2n) is 18.0. The number of hydrogen-bond acceptors (Lipinski definition) is 8. The van der Waals surface area contributed by atoms with Gasteiger partial charge in [0.15, 0.2) is 6.29 Å². The van der Waals surface area contributed by atoms with Crippen molar-refractivity contribution in [3.63, 3.8) is 0 Å². The molecule has 1 rings (SSSR count). The molecular weight excluding hydrogens is 743 g/mol. The van der Waals surface area contributed by atoms with Crippen molar-refractivity contribution < 1.29 is 39.8 Å². The fraction of sp³-hybridized carbons (Fsp3) is 0.940. The fourth-order valence-corrected chi connectivity index (χ4v) is 8.27. The highest BCUT2D eigenvalue weighted by Gasteiger charge is 2.44. The third-order valence-corrected chi connectivity index (χ3v) is 12.4. The number of aliphatic hydroxyl groups is 5. The first-order valence-corrected chi connectivity index (χ1v) is 25.4. The summed E-state index contributed by atoms with van der Waals surface area (Å²) in [7, 11) is 0. The quantitative estimate of drug-likeness (QED) is 0.0263. The maximum atomic E-state index is 13.0. The molecule has 0 radical (unpaired) electrons. The molecule has 9 nitrogen and oxygen atoms in total. The Kier molecular flexibility index (Phi) is 38.9. The Morgan fingerprint density at radius 2 is 0.949 bits per heavy atom. The lowest BCUT2D eigenvalue weighted by molar-refractivity contribution is -0.302. The first-order chi connectivity index (χ1) is 28.8. The molecule has 0 aliphatic carbocycles. The second kappa shape index (κ2) is 41.0. The van der Waals surface area contributed by atoms with Crippen LogP contribution in [0.2, 0.25) is 0 Å². The van der Waals surface area contributed by atoms with Crippen LogP contribution in [0.1, 0.15) is 245 Å². The first kappa shape index (κ1) is 55.9. The summed E-state index contributed by atoms with van der Waals surface area (Å²) in [4.78, 5) is 13.0. The number of nitrogens with one attached hydrogen (secondary N) is 1. The molecule has 9 heteroatoms. The van der Waals surface area contributed by atoms with Crippen LogP contribution in [0, 0.1) is 0 Å². The van der Waals surface area contributed by atoms with Crippen LogP contribution >= 0.6 is 0 Å². The molecule has 59 heavy (non-hydrogen) atoms. The average molecular weight is 840 g/mol. The highest BCUT2D eigenvalue weighted by atomic mass is 16.7. The normalized spacial score (nSPS) is 20.7. The van der Waals surface area contributed by atoms with Gasteiger partial charge in [-0.25, -0.2) is 0 Å². The van der Waals surface area contributed by atoms with Gasteiger partial charge in [0.2, 0.25) is 5.91 Å². The summed E-state index contributed by atoms with van der Waals surface area (Å²) in [5, 5.41) is 54.4. The van der Waals surface area contributed by atoms with E-state index in [9.17, 15) is 30.3 Å². The second-order valence-corrected chi connectivity index (χ2v) is 18.0. The molecule has 2 unspecified atom stereocenters. The van der Waals surface area contributed by atoms with Crippen molar-refractivity contribution in [2.24, 2.45) is 0 Å². The Bertz CT molecular complexity index is 935. The van der Waals surface area contributed by atoms with Gasteiger partial charge in [0.05, 0.1) is 25.4 Å². The minimum Gasteiger partial charge on any atom is -0.394 e. The molecule has 1 aliphatic rings. The number of allylic oxidation sites excluding steroid dienone is 2. The molecule has 0 aromatic rings. The van der Waals surface area contributed by atoms with E-state index in [0.717, 1.165) is 44.9 Å². The van der Waals surface area contributed by atoms with Gasteiger partial charge in [-0.3, -0.25) is 4.79 Å². The van der Waals surface area contributed by atoms with E-state index in [0.29, 0.717) is 12.8 Å². The monoisotopic (exact) mass is 840 g/mol. The van der Waals surface area contributed by atoms with E-state index in [2.05, 4.69) is 31.3 Å². The number of carbonyl (C=O) groups is 1.